The number of hydrogen-bond donors (Lipinski definition) is 1. The molecule has 0 bridgehead atoms. The Bertz CT molecular complexity index is 248. The molecule has 1 aromatic rings. The second kappa shape index (κ2) is 5.34. The van der Waals surface area contributed by atoms with Gasteiger partial charge in [-0.2, -0.15) is 0 Å². The summed E-state index contributed by atoms with van der Waals surface area (Å²) in [4.78, 5) is 4.16. The van der Waals surface area contributed by atoms with Crippen molar-refractivity contribution in [3.8, 4) is 12.3 Å². The second-order valence-electron chi connectivity index (χ2n) is 2.45. The Morgan fingerprint density at radius 3 is 3.08 bits per heavy atom. The van der Waals surface area contributed by atoms with E-state index >= 15 is 0 Å². The van der Waals surface area contributed by atoms with E-state index in [4.69, 9.17) is 6.42 Å². The summed E-state index contributed by atoms with van der Waals surface area (Å²) >= 11 is 0. The lowest BCUT2D eigenvalue weighted by Gasteiger charge is -2.00. The molecule has 0 fully saturated rings. The van der Waals surface area contributed by atoms with Gasteiger partial charge in [-0.1, -0.05) is 6.07 Å². The fourth-order valence-corrected chi connectivity index (χ4v) is 0.880. The van der Waals surface area contributed by atoms with Crippen LogP contribution in [0.5, 0.6) is 0 Å². The van der Waals surface area contributed by atoms with Crippen LogP contribution in [-0.4, -0.2) is 11.5 Å². The minimum atomic E-state index is 0.771. The van der Waals surface area contributed by atoms with Crippen LogP contribution in [0.2, 0.25) is 0 Å². The van der Waals surface area contributed by atoms with Gasteiger partial charge in [0.15, 0.2) is 0 Å². The van der Waals surface area contributed by atoms with Crippen molar-refractivity contribution in [1.29, 1.82) is 0 Å². The minimum absolute atomic E-state index is 0.771. The van der Waals surface area contributed by atoms with Crippen molar-refractivity contribution in [2.45, 2.75) is 13.0 Å². The van der Waals surface area contributed by atoms with Crippen molar-refractivity contribution in [3.05, 3.63) is 30.1 Å². The molecule has 62 valence electrons. The molecule has 0 aromatic carbocycles. The van der Waals surface area contributed by atoms with Gasteiger partial charge in [-0.25, -0.2) is 0 Å². The Balaban J connectivity index is 2.21. The van der Waals surface area contributed by atoms with Gasteiger partial charge in [0.1, 0.15) is 0 Å². The lowest BCUT2D eigenvalue weighted by atomic mass is 10.3. The van der Waals surface area contributed by atoms with E-state index in [1.54, 1.807) is 6.20 Å². The Labute approximate surface area is 73.0 Å². The summed E-state index contributed by atoms with van der Waals surface area (Å²) in [6.07, 6.45) is 7.66. The van der Waals surface area contributed by atoms with E-state index in [-0.39, 0.29) is 0 Å². The Morgan fingerprint density at radius 1 is 1.50 bits per heavy atom. The minimum Gasteiger partial charge on any atom is -0.310 e. The quantitative estimate of drug-likeness (QED) is 0.528. The van der Waals surface area contributed by atoms with Crippen LogP contribution in [0, 0.1) is 12.3 Å². The molecule has 0 aliphatic rings. The Morgan fingerprint density at radius 2 is 2.42 bits per heavy atom. The molecule has 0 saturated carbocycles. The molecule has 1 N–H and O–H groups in total. The van der Waals surface area contributed by atoms with Crippen molar-refractivity contribution in [2.24, 2.45) is 0 Å². The first-order valence-corrected chi connectivity index (χ1v) is 3.97. The highest BCUT2D eigenvalue weighted by atomic mass is 14.9. The Kier molecular flexibility index (Phi) is 3.90. The zero-order chi connectivity index (χ0) is 8.65. The first-order chi connectivity index (χ1) is 5.93. The molecule has 0 unspecified atom stereocenters. The van der Waals surface area contributed by atoms with Crippen LogP contribution in [0.4, 0.5) is 0 Å². The van der Waals surface area contributed by atoms with Crippen LogP contribution in [-0.2, 0) is 6.54 Å². The normalized spacial score (nSPS) is 9.25. The molecule has 0 aliphatic heterocycles. The molecule has 1 aromatic heterocycles. The van der Waals surface area contributed by atoms with Gasteiger partial charge in [-0.15, -0.1) is 12.3 Å². The number of aromatic nitrogens is 1. The third-order valence-electron chi connectivity index (χ3n) is 1.48. The molecule has 0 radical (unpaired) electrons. The zero-order valence-corrected chi connectivity index (χ0v) is 6.96. The highest BCUT2D eigenvalue weighted by molar-refractivity contribution is 5.02. The maximum atomic E-state index is 5.10. The van der Waals surface area contributed by atoms with Gasteiger partial charge in [-0.3, -0.25) is 4.98 Å². The van der Waals surface area contributed by atoms with Crippen LogP contribution < -0.4 is 5.32 Å². The molecule has 0 spiro atoms. The molecule has 1 rings (SSSR count). The van der Waals surface area contributed by atoms with Crippen LogP contribution in [0.25, 0.3) is 0 Å². The van der Waals surface area contributed by atoms with E-state index in [1.165, 1.54) is 0 Å². The molecule has 0 amide bonds. The van der Waals surface area contributed by atoms with Gasteiger partial charge in [-0.05, 0) is 12.1 Å². The predicted molar refractivity (Wildman–Crippen MR) is 49.4 cm³/mol. The van der Waals surface area contributed by atoms with Crippen LogP contribution in [0.15, 0.2) is 24.4 Å². The maximum absolute atomic E-state index is 5.10. The average Bonchev–Trinajstić information content (AvgIpc) is 2.14. The van der Waals surface area contributed by atoms with Gasteiger partial charge in [0.05, 0.1) is 5.69 Å². The number of pyridine rings is 1. The molecular weight excluding hydrogens is 148 g/mol. The fraction of sp³-hybridized carbons (Fsp3) is 0.300. The van der Waals surface area contributed by atoms with E-state index in [0.29, 0.717) is 0 Å². The van der Waals surface area contributed by atoms with Gasteiger partial charge in [0.25, 0.3) is 0 Å². The molecule has 0 aliphatic carbocycles. The number of terminal acetylenes is 1. The third-order valence-corrected chi connectivity index (χ3v) is 1.48. The lowest BCUT2D eigenvalue weighted by Crippen LogP contribution is -2.14. The number of nitrogens with one attached hydrogen (secondary N) is 1. The van der Waals surface area contributed by atoms with Crippen molar-refractivity contribution in [3.63, 3.8) is 0 Å². The SMILES string of the molecule is C#CCCNCc1ccccn1. The summed E-state index contributed by atoms with van der Waals surface area (Å²) in [7, 11) is 0. The van der Waals surface area contributed by atoms with E-state index in [1.807, 2.05) is 18.2 Å². The van der Waals surface area contributed by atoms with E-state index < -0.39 is 0 Å². The third kappa shape index (κ3) is 3.18. The average molecular weight is 160 g/mol. The number of rotatable bonds is 4. The van der Waals surface area contributed by atoms with E-state index in [2.05, 4.69) is 16.2 Å². The van der Waals surface area contributed by atoms with Crippen molar-refractivity contribution >= 4 is 0 Å². The molecule has 0 atom stereocenters. The standard InChI is InChI=1S/C10H12N2/c1-2-3-7-11-9-10-6-4-5-8-12-10/h1,4-6,8,11H,3,7,9H2. The Hall–Kier alpha value is -1.33. The van der Waals surface area contributed by atoms with Gasteiger partial charge < -0.3 is 5.32 Å². The lowest BCUT2D eigenvalue weighted by molar-refractivity contribution is 0.688. The van der Waals surface area contributed by atoms with Gasteiger partial charge >= 0.3 is 0 Å². The zero-order valence-electron chi connectivity index (χ0n) is 6.96. The van der Waals surface area contributed by atoms with Gasteiger partial charge in [0.2, 0.25) is 0 Å². The van der Waals surface area contributed by atoms with Crippen LogP contribution in [0.1, 0.15) is 12.1 Å². The number of hydrogen-bond acceptors (Lipinski definition) is 2. The van der Waals surface area contributed by atoms with Crippen LogP contribution in [0.3, 0.4) is 0 Å². The van der Waals surface area contributed by atoms with Crippen molar-refractivity contribution in [1.82, 2.24) is 10.3 Å². The summed E-state index contributed by atoms with van der Waals surface area (Å²) in [5.41, 5.74) is 1.05. The summed E-state index contributed by atoms with van der Waals surface area (Å²) in [5, 5.41) is 3.20. The summed E-state index contributed by atoms with van der Waals surface area (Å²) in [6.45, 7) is 1.65. The molecule has 2 heteroatoms. The largest absolute Gasteiger partial charge is 0.310 e. The molecular formula is C10H12N2. The highest BCUT2D eigenvalue weighted by Crippen LogP contribution is 1.91. The summed E-state index contributed by atoms with van der Waals surface area (Å²) in [6, 6.07) is 5.87. The van der Waals surface area contributed by atoms with Crippen LogP contribution >= 0.6 is 0 Å². The second-order valence-corrected chi connectivity index (χ2v) is 2.45. The van der Waals surface area contributed by atoms with E-state index in [0.717, 1.165) is 25.2 Å². The maximum Gasteiger partial charge on any atom is 0.0541 e. The molecule has 1 heterocycles. The molecule has 0 saturated heterocycles. The highest BCUT2D eigenvalue weighted by Gasteiger charge is 1.89. The summed E-state index contributed by atoms with van der Waals surface area (Å²) in [5.74, 6) is 2.57. The summed E-state index contributed by atoms with van der Waals surface area (Å²) < 4.78 is 0. The van der Waals surface area contributed by atoms with Gasteiger partial charge in [0, 0.05) is 25.7 Å². The van der Waals surface area contributed by atoms with E-state index in [9.17, 15) is 0 Å². The van der Waals surface area contributed by atoms with Crippen molar-refractivity contribution in [2.75, 3.05) is 6.54 Å². The van der Waals surface area contributed by atoms with Crippen molar-refractivity contribution < 1.29 is 0 Å². The fourth-order valence-electron chi connectivity index (χ4n) is 0.880. The first-order valence-electron chi connectivity index (χ1n) is 3.97. The number of nitrogens with zero attached hydrogens (tertiary/aromatic N) is 1. The monoisotopic (exact) mass is 160 g/mol. The first kappa shape index (κ1) is 8.76. The molecule has 2 nitrogen and oxygen atoms in total. The molecule has 12 heavy (non-hydrogen) atoms. The predicted octanol–water partition coefficient (Wildman–Crippen LogP) is 1.19. The topological polar surface area (TPSA) is 24.9 Å². The smallest absolute Gasteiger partial charge is 0.0541 e.